The largest absolute Gasteiger partial charge is 0.477 e. The molecule has 1 saturated carbocycles. The Hall–Kier alpha value is -1.69. The Morgan fingerprint density at radius 2 is 2.32 bits per heavy atom. The predicted octanol–water partition coefficient (Wildman–Crippen LogP) is 1.71. The number of aromatic carboxylic acids is 1. The Labute approximate surface area is 112 Å². The summed E-state index contributed by atoms with van der Waals surface area (Å²) in [6.45, 7) is 3.21. The highest BCUT2D eigenvalue weighted by Gasteiger charge is 2.41. The van der Waals surface area contributed by atoms with Crippen molar-refractivity contribution in [1.82, 2.24) is 9.97 Å². The van der Waals surface area contributed by atoms with Gasteiger partial charge in [-0.3, -0.25) is 0 Å². The summed E-state index contributed by atoms with van der Waals surface area (Å²) in [6, 6.07) is 0. The van der Waals surface area contributed by atoms with E-state index in [0.29, 0.717) is 11.6 Å². The normalized spacial score (nSPS) is 16.1. The predicted molar refractivity (Wildman–Crippen MR) is 70.4 cm³/mol. The second-order valence-electron chi connectivity index (χ2n) is 5.08. The summed E-state index contributed by atoms with van der Waals surface area (Å²) in [7, 11) is 1.69. The summed E-state index contributed by atoms with van der Waals surface area (Å²) >= 11 is 0. The molecule has 1 fully saturated rings. The van der Waals surface area contributed by atoms with Gasteiger partial charge in [0, 0.05) is 26.5 Å². The van der Waals surface area contributed by atoms with Gasteiger partial charge in [-0.25, -0.2) is 14.8 Å². The molecular formula is C13H19N3O3. The van der Waals surface area contributed by atoms with Crippen molar-refractivity contribution in [1.29, 1.82) is 0 Å². The van der Waals surface area contributed by atoms with Crippen LogP contribution in [0.15, 0.2) is 6.20 Å². The molecule has 1 aliphatic carbocycles. The van der Waals surface area contributed by atoms with E-state index in [0.717, 1.165) is 32.4 Å². The second-order valence-corrected chi connectivity index (χ2v) is 5.08. The lowest BCUT2D eigenvalue weighted by atomic mass is 10.0. The van der Waals surface area contributed by atoms with Crippen molar-refractivity contribution in [3.63, 3.8) is 0 Å². The van der Waals surface area contributed by atoms with E-state index in [9.17, 15) is 4.79 Å². The number of carboxylic acid groups (broad SMARTS) is 1. The van der Waals surface area contributed by atoms with Gasteiger partial charge in [0.15, 0.2) is 0 Å². The van der Waals surface area contributed by atoms with E-state index in [2.05, 4.69) is 15.3 Å². The van der Waals surface area contributed by atoms with Crippen LogP contribution >= 0.6 is 0 Å². The summed E-state index contributed by atoms with van der Waals surface area (Å²) in [5, 5.41) is 12.3. The van der Waals surface area contributed by atoms with E-state index in [4.69, 9.17) is 9.84 Å². The van der Waals surface area contributed by atoms with Crippen LogP contribution in [0.4, 0.5) is 5.82 Å². The van der Waals surface area contributed by atoms with Gasteiger partial charge in [-0.15, -0.1) is 0 Å². The fourth-order valence-corrected chi connectivity index (χ4v) is 2.04. The quantitative estimate of drug-likeness (QED) is 0.780. The van der Waals surface area contributed by atoms with Gasteiger partial charge in [0.1, 0.15) is 17.2 Å². The molecule has 0 unspecified atom stereocenters. The van der Waals surface area contributed by atoms with Gasteiger partial charge < -0.3 is 15.2 Å². The zero-order valence-corrected chi connectivity index (χ0v) is 11.3. The van der Waals surface area contributed by atoms with Gasteiger partial charge in [-0.1, -0.05) is 0 Å². The first kappa shape index (κ1) is 13.7. The van der Waals surface area contributed by atoms with Crippen LogP contribution in [0.3, 0.4) is 0 Å². The average Bonchev–Trinajstić information content (AvgIpc) is 3.14. The Kier molecular flexibility index (Phi) is 3.99. The molecule has 1 aliphatic rings. The number of methoxy groups -OCH3 is 1. The fraction of sp³-hybridized carbons (Fsp3) is 0.615. The Balaban J connectivity index is 2.03. The first-order valence-corrected chi connectivity index (χ1v) is 6.36. The van der Waals surface area contributed by atoms with Crippen LogP contribution in [-0.2, 0) is 4.74 Å². The third-order valence-electron chi connectivity index (χ3n) is 3.56. The van der Waals surface area contributed by atoms with Crippen molar-refractivity contribution >= 4 is 11.8 Å². The maximum atomic E-state index is 11.1. The highest BCUT2D eigenvalue weighted by Crippen LogP contribution is 2.48. The van der Waals surface area contributed by atoms with E-state index in [1.54, 1.807) is 14.0 Å². The standard InChI is InChI=1S/C13H19N3O3/c1-9-14-7-10(12(17)18)11(16-9)15-8-13(3-4-13)5-6-19-2/h7H,3-6,8H2,1-2H3,(H,17,18)(H,14,15,16). The number of aryl methyl sites for hydroxylation is 1. The zero-order valence-electron chi connectivity index (χ0n) is 11.3. The van der Waals surface area contributed by atoms with Crippen molar-refractivity contribution in [3.8, 4) is 0 Å². The third kappa shape index (κ3) is 3.41. The molecule has 1 heterocycles. The molecule has 2 rings (SSSR count). The third-order valence-corrected chi connectivity index (χ3v) is 3.56. The smallest absolute Gasteiger partial charge is 0.341 e. The molecular weight excluding hydrogens is 246 g/mol. The maximum Gasteiger partial charge on any atom is 0.341 e. The maximum absolute atomic E-state index is 11.1. The van der Waals surface area contributed by atoms with E-state index in [-0.39, 0.29) is 11.0 Å². The van der Waals surface area contributed by atoms with Gasteiger partial charge in [-0.2, -0.15) is 0 Å². The molecule has 0 amide bonds. The molecule has 0 aromatic carbocycles. The molecule has 19 heavy (non-hydrogen) atoms. The Morgan fingerprint density at radius 3 is 2.89 bits per heavy atom. The van der Waals surface area contributed by atoms with Crippen LogP contribution in [0.1, 0.15) is 35.4 Å². The van der Waals surface area contributed by atoms with Gasteiger partial charge >= 0.3 is 5.97 Å². The van der Waals surface area contributed by atoms with Crippen molar-refractivity contribution in [2.24, 2.45) is 5.41 Å². The minimum absolute atomic E-state index is 0.119. The van der Waals surface area contributed by atoms with Gasteiger partial charge in [0.2, 0.25) is 0 Å². The summed E-state index contributed by atoms with van der Waals surface area (Å²) in [4.78, 5) is 19.2. The molecule has 0 atom stereocenters. The topological polar surface area (TPSA) is 84.3 Å². The molecule has 0 saturated heterocycles. The number of carbonyl (C=O) groups is 1. The first-order chi connectivity index (χ1) is 9.06. The van der Waals surface area contributed by atoms with Crippen molar-refractivity contribution in [2.45, 2.75) is 26.2 Å². The summed E-state index contributed by atoms with van der Waals surface area (Å²) in [5.74, 6) is -0.0397. The van der Waals surface area contributed by atoms with E-state index < -0.39 is 5.97 Å². The summed E-state index contributed by atoms with van der Waals surface area (Å²) in [5.41, 5.74) is 0.359. The van der Waals surface area contributed by atoms with E-state index in [1.165, 1.54) is 6.20 Å². The molecule has 2 N–H and O–H groups in total. The molecule has 6 heteroatoms. The Morgan fingerprint density at radius 1 is 1.58 bits per heavy atom. The van der Waals surface area contributed by atoms with Gasteiger partial charge in [-0.05, 0) is 31.6 Å². The van der Waals surface area contributed by atoms with Crippen molar-refractivity contribution in [2.75, 3.05) is 25.6 Å². The van der Waals surface area contributed by atoms with Crippen LogP contribution in [0, 0.1) is 12.3 Å². The van der Waals surface area contributed by atoms with Crippen LogP contribution in [0.5, 0.6) is 0 Å². The zero-order chi connectivity index (χ0) is 13.9. The molecule has 1 aromatic rings. The first-order valence-electron chi connectivity index (χ1n) is 6.36. The van der Waals surface area contributed by atoms with Gasteiger partial charge in [0.25, 0.3) is 0 Å². The van der Waals surface area contributed by atoms with Gasteiger partial charge in [0.05, 0.1) is 0 Å². The summed E-state index contributed by atoms with van der Waals surface area (Å²) in [6.07, 6.45) is 4.64. The van der Waals surface area contributed by atoms with E-state index >= 15 is 0 Å². The second kappa shape index (κ2) is 5.52. The molecule has 1 aromatic heterocycles. The average molecular weight is 265 g/mol. The Bertz CT molecular complexity index is 472. The van der Waals surface area contributed by atoms with E-state index in [1.807, 2.05) is 0 Å². The molecule has 0 aliphatic heterocycles. The number of rotatable bonds is 7. The lowest BCUT2D eigenvalue weighted by molar-refractivity contribution is 0.0697. The monoisotopic (exact) mass is 265 g/mol. The van der Waals surface area contributed by atoms with Crippen LogP contribution in [0.2, 0.25) is 0 Å². The number of ether oxygens (including phenoxy) is 1. The number of aromatic nitrogens is 2. The number of carboxylic acids is 1. The lowest BCUT2D eigenvalue weighted by Crippen LogP contribution is -2.20. The highest BCUT2D eigenvalue weighted by molar-refractivity contribution is 5.92. The minimum Gasteiger partial charge on any atom is -0.477 e. The van der Waals surface area contributed by atoms with Crippen LogP contribution < -0.4 is 5.32 Å². The molecule has 104 valence electrons. The number of hydrogen-bond donors (Lipinski definition) is 2. The number of nitrogens with zero attached hydrogens (tertiary/aromatic N) is 2. The number of nitrogens with one attached hydrogen (secondary N) is 1. The lowest BCUT2D eigenvalue weighted by Gasteiger charge is -2.16. The fourth-order valence-electron chi connectivity index (χ4n) is 2.04. The highest BCUT2D eigenvalue weighted by atomic mass is 16.5. The summed E-state index contributed by atoms with van der Waals surface area (Å²) < 4.78 is 5.10. The molecule has 0 radical (unpaired) electrons. The molecule has 6 nitrogen and oxygen atoms in total. The number of anilines is 1. The van der Waals surface area contributed by atoms with Crippen molar-refractivity contribution in [3.05, 3.63) is 17.6 Å². The molecule has 0 bridgehead atoms. The van der Waals surface area contributed by atoms with Crippen LogP contribution in [0.25, 0.3) is 0 Å². The minimum atomic E-state index is -1.01. The van der Waals surface area contributed by atoms with Crippen molar-refractivity contribution < 1.29 is 14.6 Å². The SMILES string of the molecule is COCCC1(CNc2nc(C)ncc2C(=O)O)CC1. The number of hydrogen-bond acceptors (Lipinski definition) is 5. The molecule has 0 spiro atoms. The van der Waals surface area contributed by atoms with Crippen LogP contribution in [-0.4, -0.2) is 41.3 Å².